The standard InChI is InChI=1S/C22H33N3O6S/c1-4-31-19-8-7-18(14-20(19)32(28,29)25-10-12-30-13-11-25)23-21(26)17-6-5-9-24(15-17)22(27)16(2)3/h7-8,14,16-17H,4-6,9-13,15H2,1-3H3,(H,23,26)/t17-/m0/s1. The number of anilines is 1. The van der Waals surface area contributed by atoms with Crippen molar-refractivity contribution in [2.45, 2.75) is 38.5 Å². The van der Waals surface area contributed by atoms with Crippen LogP contribution in [0.4, 0.5) is 5.69 Å². The Morgan fingerprint density at radius 2 is 1.94 bits per heavy atom. The summed E-state index contributed by atoms with van der Waals surface area (Å²) in [5.74, 6) is -0.371. The Bertz CT molecular complexity index is 928. The highest BCUT2D eigenvalue weighted by Crippen LogP contribution is 2.31. The highest BCUT2D eigenvalue weighted by molar-refractivity contribution is 7.89. The average Bonchev–Trinajstić information content (AvgIpc) is 2.80. The van der Waals surface area contributed by atoms with Crippen molar-refractivity contribution in [1.29, 1.82) is 0 Å². The van der Waals surface area contributed by atoms with E-state index in [9.17, 15) is 18.0 Å². The lowest BCUT2D eigenvalue weighted by Gasteiger charge is -2.33. The Hall–Kier alpha value is -2.17. The minimum Gasteiger partial charge on any atom is -0.492 e. The van der Waals surface area contributed by atoms with Gasteiger partial charge in [0.25, 0.3) is 0 Å². The van der Waals surface area contributed by atoms with E-state index in [0.717, 1.165) is 6.42 Å². The topological polar surface area (TPSA) is 105 Å². The van der Waals surface area contributed by atoms with Crippen molar-refractivity contribution in [3.8, 4) is 5.75 Å². The minimum absolute atomic E-state index is 0.0271. The van der Waals surface area contributed by atoms with E-state index in [1.165, 1.54) is 10.4 Å². The number of sulfonamides is 1. The summed E-state index contributed by atoms with van der Waals surface area (Å²) < 4.78 is 38.7. The van der Waals surface area contributed by atoms with E-state index in [2.05, 4.69) is 5.32 Å². The molecule has 1 aromatic rings. The molecule has 2 saturated heterocycles. The number of benzene rings is 1. The van der Waals surface area contributed by atoms with Gasteiger partial charge >= 0.3 is 0 Å². The number of ether oxygens (including phenoxy) is 2. The molecule has 2 fully saturated rings. The summed E-state index contributed by atoms with van der Waals surface area (Å²) in [6.07, 6.45) is 1.44. The summed E-state index contributed by atoms with van der Waals surface area (Å²) in [7, 11) is -3.80. The van der Waals surface area contributed by atoms with Crippen LogP contribution in [0.2, 0.25) is 0 Å². The van der Waals surface area contributed by atoms with Gasteiger partial charge in [-0.3, -0.25) is 9.59 Å². The maximum absolute atomic E-state index is 13.2. The van der Waals surface area contributed by atoms with Gasteiger partial charge < -0.3 is 19.7 Å². The van der Waals surface area contributed by atoms with Crippen molar-refractivity contribution in [2.75, 3.05) is 51.3 Å². The molecule has 3 rings (SSSR count). The number of nitrogens with zero attached hydrogens (tertiary/aromatic N) is 2. The molecule has 2 aliphatic heterocycles. The van der Waals surface area contributed by atoms with Crippen LogP contribution < -0.4 is 10.1 Å². The monoisotopic (exact) mass is 467 g/mol. The fourth-order valence-corrected chi connectivity index (χ4v) is 5.55. The van der Waals surface area contributed by atoms with Crippen LogP contribution in [0.3, 0.4) is 0 Å². The van der Waals surface area contributed by atoms with Gasteiger partial charge in [-0.15, -0.1) is 0 Å². The number of carbonyl (C=O) groups is 2. The first-order valence-electron chi connectivity index (χ1n) is 11.2. The van der Waals surface area contributed by atoms with Crippen molar-refractivity contribution >= 4 is 27.5 Å². The second-order valence-electron chi connectivity index (χ2n) is 8.38. The third kappa shape index (κ3) is 5.60. The number of likely N-dealkylation sites (tertiary alicyclic amines) is 1. The summed E-state index contributed by atoms with van der Waals surface area (Å²) in [5, 5.41) is 2.84. The van der Waals surface area contributed by atoms with Crippen LogP contribution in [0.15, 0.2) is 23.1 Å². The molecule has 9 nitrogen and oxygen atoms in total. The molecule has 0 aromatic heterocycles. The van der Waals surface area contributed by atoms with Gasteiger partial charge in [-0.2, -0.15) is 4.31 Å². The maximum atomic E-state index is 13.2. The number of hydrogen-bond acceptors (Lipinski definition) is 6. The van der Waals surface area contributed by atoms with Gasteiger partial charge in [0.1, 0.15) is 10.6 Å². The van der Waals surface area contributed by atoms with Gasteiger partial charge in [0.05, 0.1) is 25.7 Å². The van der Waals surface area contributed by atoms with Crippen LogP contribution in [-0.4, -0.2) is 75.4 Å². The van der Waals surface area contributed by atoms with Crippen LogP contribution in [0.1, 0.15) is 33.6 Å². The Morgan fingerprint density at radius 1 is 1.22 bits per heavy atom. The molecular weight excluding hydrogens is 434 g/mol. The maximum Gasteiger partial charge on any atom is 0.246 e. The van der Waals surface area contributed by atoms with Crippen LogP contribution in [-0.2, 0) is 24.3 Å². The molecule has 0 unspecified atom stereocenters. The quantitative estimate of drug-likeness (QED) is 0.657. The van der Waals surface area contributed by atoms with Gasteiger partial charge in [-0.1, -0.05) is 13.8 Å². The highest BCUT2D eigenvalue weighted by atomic mass is 32.2. The lowest BCUT2D eigenvalue weighted by Crippen LogP contribution is -2.45. The molecule has 2 amide bonds. The molecule has 0 radical (unpaired) electrons. The van der Waals surface area contributed by atoms with E-state index in [1.807, 2.05) is 13.8 Å². The second kappa shape index (κ2) is 10.6. The smallest absolute Gasteiger partial charge is 0.246 e. The molecule has 1 aromatic carbocycles. The molecular formula is C22H33N3O6S. The van der Waals surface area contributed by atoms with Crippen LogP contribution >= 0.6 is 0 Å². The predicted molar refractivity (Wildman–Crippen MR) is 120 cm³/mol. The molecule has 32 heavy (non-hydrogen) atoms. The van der Waals surface area contributed by atoms with E-state index in [1.54, 1.807) is 24.0 Å². The lowest BCUT2D eigenvalue weighted by atomic mass is 9.96. The first kappa shape index (κ1) is 24.5. The summed E-state index contributed by atoms with van der Waals surface area (Å²) in [5.41, 5.74) is 0.387. The number of morpholine rings is 1. The van der Waals surface area contributed by atoms with E-state index in [0.29, 0.717) is 45.0 Å². The Labute approximate surface area is 190 Å². The second-order valence-corrected chi connectivity index (χ2v) is 10.3. The number of carbonyl (C=O) groups excluding carboxylic acids is 2. The Morgan fingerprint density at radius 3 is 2.59 bits per heavy atom. The van der Waals surface area contributed by atoms with E-state index in [-0.39, 0.29) is 47.4 Å². The van der Waals surface area contributed by atoms with Gasteiger partial charge in [0.2, 0.25) is 21.8 Å². The normalized spacial score (nSPS) is 20.2. The fourth-order valence-electron chi connectivity index (χ4n) is 3.99. The molecule has 0 spiro atoms. The Kier molecular flexibility index (Phi) is 8.13. The molecule has 1 atom stereocenters. The van der Waals surface area contributed by atoms with Crippen molar-refractivity contribution in [3.63, 3.8) is 0 Å². The van der Waals surface area contributed by atoms with Crippen molar-refractivity contribution < 1.29 is 27.5 Å². The van der Waals surface area contributed by atoms with E-state index in [4.69, 9.17) is 9.47 Å². The number of piperidine rings is 1. The fraction of sp³-hybridized carbons (Fsp3) is 0.636. The minimum atomic E-state index is -3.80. The molecule has 0 saturated carbocycles. The Balaban J connectivity index is 1.79. The summed E-state index contributed by atoms with van der Waals surface area (Å²) in [6, 6.07) is 4.66. The van der Waals surface area contributed by atoms with E-state index < -0.39 is 10.0 Å². The lowest BCUT2D eigenvalue weighted by molar-refractivity contribution is -0.137. The van der Waals surface area contributed by atoms with Crippen molar-refractivity contribution in [2.24, 2.45) is 11.8 Å². The first-order valence-corrected chi connectivity index (χ1v) is 12.6. The zero-order valence-electron chi connectivity index (χ0n) is 19.0. The molecule has 2 heterocycles. The van der Waals surface area contributed by atoms with Crippen LogP contribution in [0.5, 0.6) is 5.75 Å². The molecule has 10 heteroatoms. The zero-order chi connectivity index (χ0) is 23.3. The molecule has 0 bridgehead atoms. The third-order valence-electron chi connectivity index (χ3n) is 5.70. The third-order valence-corrected chi connectivity index (χ3v) is 7.62. The summed E-state index contributed by atoms with van der Waals surface area (Å²) >= 11 is 0. The number of rotatable bonds is 7. The van der Waals surface area contributed by atoms with Crippen molar-refractivity contribution in [3.05, 3.63) is 18.2 Å². The molecule has 2 aliphatic rings. The molecule has 178 valence electrons. The molecule has 0 aliphatic carbocycles. The number of amides is 2. The average molecular weight is 468 g/mol. The van der Waals surface area contributed by atoms with Crippen LogP contribution in [0, 0.1) is 11.8 Å². The zero-order valence-corrected chi connectivity index (χ0v) is 19.8. The highest BCUT2D eigenvalue weighted by Gasteiger charge is 2.32. The summed E-state index contributed by atoms with van der Waals surface area (Å²) in [4.78, 5) is 27.0. The largest absolute Gasteiger partial charge is 0.492 e. The van der Waals surface area contributed by atoms with Crippen molar-refractivity contribution in [1.82, 2.24) is 9.21 Å². The molecule has 1 N–H and O–H groups in total. The van der Waals surface area contributed by atoms with Gasteiger partial charge in [-0.25, -0.2) is 8.42 Å². The first-order chi connectivity index (χ1) is 15.2. The number of hydrogen-bond donors (Lipinski definition) is 1. The van der Waals surface area contributed by atoms with Gasteiger partial charge in [0, 0.05) is 37.8 Å². The SMILES string of the molecule is CCOc1ccc(NC(=O)[C@H]2CCCN(C(=O)C(C)C)C2)cc1S(=O)(=O)N1CCOCC1. The van der Waals surface area contributed by atoms with Crippen LogP contribution in [0.25, 0.3) is 0 Å². The van der Waals surface area contributed by atoms with E-state index >= 15 is 0 Å². The predicted octanol–water partition coefficient (Wildman–Crippen LogP) is 1.94. The summed E-state index contributed by atoms with van der Waals surface area (Å²) in [6.45, 7) is 8.06. The number of nitrogens with one attached hydrogen (secondary N) is 1. The van der Waals surface area contributed by atoms with Gasteiger partial charge in [0.15, 0.2) is 0 Å². The van der Waals surface area contributed by atoms with Gasteiger partial charge in [-0.05, 0) is 38.0 Å².